The van der Waals surface area contributed by atoms with Crippen molar-refractivity contribution in [2.75, 3.05) is 26.9 Å². The molecule has 1 rings (SSSR count). The summed E-state index contributed by atoms with van der Waals surface area (Å²) in [4.78, 5) is 37.5. The number of aliphatic hydroxyl groups excluding tert-OH is 1. The highest BCUT2D eigenvalue weighted by Gasteiger charge is 2.31. The molecule has 9 nitrogen and oxygen atoms in total. The zero-order valence-corrected chi connectivity index (χ0v) is 19.4. The van der Waals surface area contributed by atoms with Gasteiger partial charge in [-0.3, -0.25) is 9.59 Å². The molecule has 3 atom stereocenters. The number of alkyl carbamates (subject to hydrolysis) is 1. The fourth-order valence-corrected chi connectivity index (χ4v) is 3.03. The van der Waals surface area contributed by atoms with Gasteiger partial charge in [-0.2, -0.15) is 0 Å². The van der Waals surface area contributed by atoms with Crippen molar-refractivity contribution in [3.63, 3.8) is 0 Å². The van der Waals surface area contributed by atoms with Crippen LogP contribution in [0.2, 0.25) is 0 Å². The van der Waals surface area contributed by atoms with Crippen molar-refractivity contribution in [1.29, 1.82) is 0 Å². The number of methoxy groups -OCH3 is 1. The number of carbonyl (C=O) groups excluding carboxylic acids is 3. The maximum atomic E-state index is 13.0. The first-order chi connectivity index (χ1) is 15.3. The first kappa shape index (κ1) is 27.4. The number of hydrogen-bond acceptors (Lipinski definition) is 6. The highest BCUT2D eigenvalue weighted by atomic mass is 16.6. The Morgan fingerprint density at radius 3 is 2.31 bits per heavy atom. The van der Waals surface area contributed by atoms with Gasteiger partial charge in [0.25, 0.3) is 5.91 Å². The molecule has 0 radical (unpaired) electrons. The van der Waals surface area contributed by atoms with E-state index in [0.29, 0.717) is 13.0 Å². The molecule has 0 fully saturated rings. The largest absolute Gasteiger partial charge is 0.447 e. The SMILES string of the molecule is CCCNC(=O)C(O)C(Cc1ccccc1)NC(=O)C(CC(C)C)NC(=O)OCCOC. The van der Waals surface area contributed by atoms with Crippen molar-refractivity contribution in [2.45, 2.75) is 58.2 Å². The molecular formula is C23H37N3O6. The summed E-state index contributed by atoms with van der Waals surface area (Å²) in [6.45, 7) is 6.48. The van der Waals surface area contributed by atoms with Gasteiger partial charge in [-0.05, 0) is 30.7 Å². The number of hydrogen-bond donors (Lipinski definition) is 4. The Balaban J connectivity index is 2.94. The maximum Gasteiger partial charge on any atom is 0.407 e. The highest BCUT2D eigenvalue weighted by molar-refractivity contribution is 5.87. The molecule has 3 unspecified atom stereocenters. The van der Waals surface area contributed by atoms with Gasteiger partial charge in [0.2, 0.25) is 5.91 Å². The molecule has 0 aliphatic heterocycles. The van der Waals surface area contributed by atoms with Gasteiger partial charge in [-0.1, -0.05) is 51.1 Å². The zero-order valence-electron chi connectivity index (χ0n) is 19.4. The first-order valence-corrected chi connectivity index (χ1v) is 11.0. The molecule has 0 aliphatic carbocycles. The van der Waals surface area contributed by atoms with Crippen LogP contribution in [-0.2, 0) is 25.5 Å². The summed E-state index contributed by atoms with van der Waals surface area (Å²) >= 11 is 0. The van der Waals surface area contributed by atoms with Crippen LogP contribution >= 0.6 is 0 Å². The molecule has 0 saturated carbocycles. The Kier molecular flexibility index (Phi) is 13.0. The Morgan fingerprint density at radius 1 is 1.03 bits per heavy atom. The van der Waals surface area contributed by atoms with Gasteiger partial charge >= 0.3 is 6.09 Å². The van der Waals surface area contributed by atoms with Gasteiger partial charge in [0, 0.05) is 13.7 Å². The number of ether oxygens (including phenoxy) is 2. The van der Waals surface area contributed by atoms with E-state index in [0.717, 1.165) is 12.0 Å². The minimum Gasteiger partial charge on any atom is -0.447 e. The van der Waals surface area contributed by atoms with Crippen molar-refractivity contribution < 1.29 is 29.0 Å². The van der Waals surface area contributed by atoms with Crippen LogP contribution in [0.4, 0.5) is 4.79 Å². The van der Waals surface area contributed by atoms with Crippen molar-refractivity contribution in [3.05, 3.63) is 35.9 Å². The molecule has 1 aromatic carbocycles. The van der Waals surface area contributed by atoms with Crippen LogP contribution in [0, 0.1) is 5.92 Å². The number of aliphatic hydroxyl groups is 1. The van der Waals surface area contributed by atoms with E-state index in [2.05, 4.69) is 16.0 Å². The summed E-state index contributed by atoms with van der Waals surface area (Å²) in [5, 5.41) is 18.6. The molecule has 180 valence electrons. The molecule has 0 spiro atoms. The molecule has 0 aromatic heterocycles. The Hall–Kier alpha value is -2.65. The predicted octanol–water partition coefficient (Wildman–Crippen LogP) is 1.39. The molecular weight excluding hydrogens is 414 g/mol. The molecule has 1 aromatic rings. The minimum absolute atomic E-state index is 0.0608. The monoisotopic (exact) mass is 451 g/mol. The van der Waals surface area contributed by atoms with Gasteiger partial charge in [-0.25, -0.2) is 4.79 Å². The summed E-state index contributed by atoms with van der Waals surface area (Å²) in [7, 11) is 1.49. The van der Waals surface area contributed by atoms with Gasteiger partial charge in [0.15, 0.2) is 6.10 Å². The summed E-state index contributed by atoms with van der Waals surface area (Å²) in [6.07, 6.45) is -0.844. The van der Waals surface area contributed by atoms with Crippen LogP contribution in [0.5, 0.6) is 0 Å². The second kappa shape index (κ2) is 15.2. The van der Waals surface area contributed by atoms with Crippen LogP contribution in [0.1, 0.15) is 39.2 Å². The standard InChI is InChI=1S/C23H37N3O6/c1-5-11-24-22(29)20(27)18(15-17-9-7-6-8-10-17)25-21(28)19(14-16(2)3)26-23(30)32-13-12-31-4/h6-10,16,18-20,27H,5,11-15H2,1-4H3,(H,24,29)(H,25,28)(H,26,30). The Labute approximate surface area is 190 Å². The van der Waals surface area contributed by atoms with Gasteiger partial charge in [0.1, 0.15) is 12.6 Å². The van der Waals surface area contributed by atoms with Gasteiger partial charge in [0.05, 0.1) is 12.6 Å². The van der Waals surface area contributed by atoms with Crippen molar-refractivity contribution >= 4 is 17.9 Å². The third-order valence-corrected chi connectivity index (χ3v) is 4.66. The molecule has 0 saturated heterocycles. The van der Waals surface area contributed by atoms with E-state index in [1.807, 2.05) is 51.1 Å². The van der Waals surface area contributed by atoms with Crippen LogP contribution in [0.3, 0.4) is 0 Å². The molecule has 9 heteroatoms. The van der Waals surface area contributed by atoms with Crippen LogP contribution in [0.15, 0.2) is 30.3 Å². The third-order valence-electron chi connectivity index (χ3n) is 4.66. The number of benzene rings is 1. The van der Waals surface area contributed by atoms with E-state index in [9.17, 15) is 19.5 Å². The topological polar surface area (TPSA) is 126 Å². The average molecular weight is 452 g/mol. The third kappa shape index (κ3) is 10.6. The molecule has 0 heterocycles. The van der Waals surface area contributed by atoms with Gasteiger partial charge in [-0.15, -0.1) is 0 Å². The van der Waals surface area contributed by atoms with E-state index < -0.39 is 36.1 Å². The Morgan fingerprint density at radius 2 is 1.72 bits per heavy atom. The summed E-state index contributed by atoms with van der Waals surface area (Å²) < 4.78 is 9.85. The minimum atomic E-state index is -1.45. The fourth-order valence-electron chi connectivity index (χ4n) is 3.03. The number of amides is 3. The number of rotatable bonds is 14. The summed E-state index contributed by atoms with van der Waals surface area (Å²) in [5.74, 6) is -0.943. The molecule has 4 N–H and O–H groups in total. The lowest BCUT2D eigenvalue weighted by molar-refractivity contribution is -0.132. The van der Waals surface area contributed by atoms with E-state index >= 15 is 0 Å². The first-order valence-electron chi connectivity index (χ1n) is 11.0. The predicted molar refractivity (Wildman–Crippen MR) is 121 cm³/mol. The molecule has 32 heavy (non-hydrogen) atoms. The van der Waals surface area contributed by atoms with E-state index in [1.165, 1.54) is 7.11 Å². The molecule has 3 amide bonds. The van der Waals surface area contributed by atoms with E-state index in [4.69, 9.17) is 9.47 Å². The molecule has 0 aliphatic rings. The van der Waals surface area contributed by atoms with Crippen LogP contribution in [-0.4, -0.2) is 68.1 Å². The van der Waals surface area contributed by atoms with Crippen molar-refractivity contribution in [2.24, 2.45) is 5.92 Å². The fraction of sp³-hybridized carbons (Fsp3) is 0.609. The second-order valence-corrected chi connectivity index (χ2v) is 8.00. The lowest BCUT2D eigenvalue weighted by Gasteiger charge is -2.27. The quantitative estimate of drug-likeness (QED) is 0.317. The zero-order chi connectivity index (χ0) is 23.9. The lowest BCUT2D eigenvalue weighted by Crippen LogP contribution is -2.56. The summed E-state index contributed by atoms with van der Waals surface area (Å²) in [6, 6.07) is 7.50. The number of nitrogens with one attached hydrogen (secondary N) is 3. The lowest BCUT2D eigenvalue weighted by atomic mass is 9.98. The normalized spacial score (nSPS) is 13.7. The summed E-state index contributed by atoms with van der Waals surface area (Å²) in [5.41, 5.74) is 0.854. The molecule has 0 bridgehead atoms. The van der Waals surface area contributed by atoms with Crippen LogP contribution < -0.4 is 16.0 Å². The smallest absolute Gasteiger partial charge is 0.407 e. The van der Waals surface area contributed by atoms with Gasteiger partial charge < -0.3 is 30.5 Å². The number of carbonyl (C=O) groups is 3. The maximum absolute atomic E-state index is 13.0. The highest BCUT2D eigenvalue weighted by Crippen LogP contribution is 2.10. The van der Waals surface area contributed by atoms with Crippen LogP contribution in [0.25, 0.3) is 0 Å². The second-order valence-electron chi connectivity index (χ2n) is 8.00. The van der Waals surface area contributed by atoms with Crippen molar-refractivity contribution in [3.8, 4) is 0 Å². The van der Waals surface area contributed by atoms with Crippen molar-refractivity contribution in [1.82, 2.24) is 16.0 Å². The average Bonchev–Trinajstić information content (AvgIpc) is 2.76. The van der Waals surface area contributed by atoms with E-state index in [1.54, 1.807) is 0 Å². The van der Waals surface area contributed by atoms with E-state index in [-0.39, 0.29) is 25.6 Å². The Bertz CT molecular complexity index is 698.